The number of benzene rings is 2. The van der Waals surface area contributed by atoms with E-state index in [1.54, 1.807) is 13.1 Å². The summed E-state index contributed by atoms with van der Waals surface area (Å²) in [6.45, 7) is 4.53. The Hall–Kier alpha value is -3.13. The molecule has 2 heterocycles. The van der Waals surface area contributed by atoms with Crippen molar-refractivity contribution >= 4 is 23.2 Å². The Labute approximate surface area is 188 Å². The Morgan fingerprint density at radius 1 is 1.03 bits per heavy atom. The molecule has 0 unspecified atom stereocenters. The maximum Gasteiger partial charge on any atom is 0.227 e. The van der Waals surface area contributed by atoms with Crippen molar-refractivity contribution in [2.24, 2.45) is 4.99 Å². The predicted octanol–water partition coefficient (Wildman–Crippen LogP) is 2.65. The number of aliphatic imine (C=N–C) groups is 1. The average Bonchev–Trinajstić information content (AvgIpc) is 3.26. The zero-order valence-corrected chi connectivity index (χ0v) is 18.4. The van der Waals surface area contributed by atoms with Crippen LogP contribution in [0.3, 0.4) is 0 Å². The zero-order valence-electron chi connectivity index (χ0n) is 18.4. The van der Waals surface area contributed by atoms with Gasteiger partial charge in [-0.15, -0.1) is 0 Å². The summed E-state index contributed by atoms with van der Waals surface area (Å²) in [7, 11) is 1.71. The molecule has 2 aliphatic heterocycles. The van der Waals surface area contributed by atoms with Crippen LogP contribution in [0.15, 0.2) is 47.5 Å². The molecule has 0 aromatic heterocycles. The van der Waals surface area contributed by atoms with Crippen LogP contribution in [0.4, 0.5) is 15.8 Å². The number of guanidine groups is 1. The van der Waals surface area contributed by atoms with E-state index < -0.39 is 0 Å². The number of carbonyl (C=O) groups excluding carboxylic acids is 1. The van der Waals surface area contributed by atoms with E-state index in [1.165, 1.54) is 0 Å². The number of morpholine rings is 1. The first-order valence-electron chi connectivity index (χ1n) is 11.1. The number of amides is 1. The minimum atomic E-state index is -0.217. The van der Waals surface area contributed by atoms with Crippen molar-refractivity contribution in [2.45, 2.75) is 25.9 Å². The summed E-state index contributed by atoms with van der Waals surface area (Å²) < 4.78 is 19.9. The Morgan fingerprint density at radius 3 is 2.34 bits per heavy atom. The molecule has 2 saturated heterocycles. The minimum absolute atomic E-state index is 0.190. The molecule has 0 spiro atoms. The first-order chi connectivity index (χ1) is 15.6. The van der Waals surface area contributed by atoms with Crippen molar-refractivity contribution in [3.05, 3.63) is 59.4 Å². The van der Waals surface area contributed by atoms with Gasteiger partial charge in [0.05, 0.1) is 18.9 Å². The predicted molar refractivity (Wildman–Crippen MR) is 124 cm³/mol. The minimum Gasteiger partial charge on any atom is -0.378 e. The molecule has 32 heavy (non-hydrogen) atoms. The molecule has 4 rings (SSSR count). The summed E-state index contributed by atoms with van der Waals surface area (Å²) in [6.07, 6.45) is 1.55. The molecule has 7 nitrogen and oxygen atoms in total. The Morgan fingerprint density at radius 2 is 1.72 bits per heavy atom. The number of anilines is 2. The zero-order chi connectivity index (χ0) is 22.3. The van der Waals surface area contributed by atoms with Crippen LogP contribution >= 0.6 is 0 Å². The van der Waals surface area contributed by atoms with Crippen LogP contribution in [0, 0.1) is 5.82 Å². The van der Waals surface area contributed by atoms with E-state index in [-0.39, 0.29) is 11.7 Å². The molecule has 0 aliphatic carbocycles. The van der Waals surface area contributed by atoms with Gasteiger partial charge >= 0.3 is 0 Å². The number of hydrogen-bond donors (Lipinski definition) is 2. The molecule has 0 radical (unpaired) electrons. The molecule has 0 bridgehead atoms. The van der Waals surface area contributed by atoms with Crippen LogP contribution in [-0.4, -0.2) is 51.8 Å². The second-order valence-electron chi connectivity index (χ2n) is 7.98. The molecule has 2 aromatic carbocycles. The molecule has 2 fully saturated rings. The lowest BCUT2D eigenvalue weighted by Gasteiger charge is -2.29. The highest BCUT2D eigenvalue weighted by Gasteiger charge is 2.21. The number of nitrogens with zero attached hydrogens (tertiary/aromatic N) is 3. The highest BCUT2D eigenvalue weighted by molar-refractivity contribution is 5.95. The van der Waals surface area contributed by atoms with Gasteiger partial charge in [-0.2, -0.15) is 0 Å². The lowest BCUT2D eigenvalue weighted by molar-refractivity contribution is -0.117. The van der Waals surface area contributed by atoms with Gasteiger partial charge in [0.15, 0.2) is 5.96 Å². The van der Waals surface area contributed by atoms with Crippen LogP contribution < -0.4 is 20.4 Å². The number of rotatable bonds is 6. The smallest absolute Gasteiger partial charge is 0.227 e. The average molecular weight is 440 g/mol. The highest BCUT2D eigenvalue weighted by atomic mass is 19.1. The molecule has 8 heteroatoms. The van der Waals surface area contributed by atoms with Crippen molar-refractivity contribution in [3.63, 3.8) is 0 Å². The third-order valence-corrected chi connectivity index (χ3v) is 5.83. The van der Waals surface area contributed by atoms with E-state index in [2.05, 4.69) is 15.6 Å². The summed E-state index contributed by atoms with van der Waals surface area (Å²) in [4.78, 5) is 20.0. The molecular formula is C24H30FN5O2. The van der Waals surface area contributed by atoms with E-state index in [9.17, 15) is 9.18 Å². The van der Waals surface area contributed by atoms with E-state index in [1.807, 2.05) is 46.2 Å². The fourth-order valence-corrected chi connectivity index (χ4v) is 4.03. The van der Waals surface area contributed by atoms with Gasteiger partial charge in [0, 0.05) is 51.9 Å². The van der Waals surface area contributed by atoms with Gasteiger partial charge in [-0.25, -0.2) is 4.39 Å². The first-order valence-corrected chi connectivity index (χ1v) is 11.1. The SMILES string of the molecule is CN=C(NCc1ccc(N2CCCC2=O)cc1)NCc1ccc(N2CCOCC2)c(F)c1. The summed E-state index contributed by atoms with van der Waals surface area (Å²) in [5.74, 6) is 0.613. The van der Waals surface area contributed by atoms with Gasteiger partial charge in [0.25, 0.3) is 0 Å². The molecule has 2 N–H and O–H groups in total. The summed E-state index contributed by atoms with van der Waals surface area (Å²) in [6, 6.07) is 13.3. The largest absolute Gasteiger partial charge is 0.378 e. The van der Waals surface area contributed by atoms with E-state index in [0.717, 1.165) is 29.8 Å². The number of hydrogen-bond acceptors (Lipinski definition) is 4. The molecule has 1 amide bonds. The van der Waals surface area contributed by atoms with E-state index >= 15 is 0 Å². The van der Waals surface area contributed by atoms with Gasteiger partial charge in [-0.05, 0) is 41.8 Å². The Kier molecular flexibility index (Phi) is 7.21. The number of halogens is 1. The standard InChI is InChI=1S/C24H30FN5O2/c1-26-24(27-16-18-4-7-20(8-5-18)30-10-2-3-23(30)31)28-17-19-6-9-22(21(25)15-19)29-11-13-32-14-12-29/h4-9,15H,2-3,10-14,16-17H2,1H3,(H2,26,27,28). The monoisotopic (exact) mass is 439 g/mol. The second-order valence-corrected chi connectivity index (χ2v) is 7.98. The van der Waals surface area contributed by atoms with E-state index in [0.29, 0.717) is 57.5 Å². The quantitative estimate of drug-likeness (QED) is 0.535. The van der Waals surface area contributed by atoms with Crippen LogP contribution in [0.25, 0.3) is 0 Å². The molecule has 2 aromatic rings. The van der Waals surface area contributed by atoms with Crippen molar-refractivity contribution < 1.29 is 13.9 Å². The van der Waals surface area contributed by atoms with Gasteiger partial charge in [0.1, 0.15) is 5.82 Å². The van der Waals surface area contributed by atoms with Crippen molar-refractivity contribution in [2.75, 3.05) is 49.7 Å². The van der Waals surface area contributed by atoms with Crippen LogP contribution in [-0.2, 0) is 22.6 Å². The maximum absolute atomic E-state index is 14.6. The Bertz CT molecular complexity index is 957. The fourth-order valence-electron chi connectivity index (χ4n) is 4.03. The first kappa shape index (κ1) is 22.1. The summed E-state index contributed by atoms with van der Waals surface area (Å²) in [5, 5.41) is 6.50. The molecule has 0 saturated carbocycles. The molecule has 0 atom stereocenters. The highest BCUT2D eigenvalue weighted by Crippen LogP contribution is 2.22. The topological polar surface area (TPSA) is 69.2 Å². The lowest BCUT2D eigenvalue weighted by Crippen LogP contribution is -2.37. The van der Waals surface area contributed by atoms with Crippen molar-refractivity contribution in [1.29, 1.82) is 0 Å². The third kappa shape index (κ3) is 5.37. The van der Waals surface area contributed by atoms with Crippen LogP contribution in [0.2, 0.25) is 0 Å². The number of carbonyl (C=O) groups is 1. The second kappa shape index (κ2) is 10.5. The van der Waals surface area contributed by atoms with E-state index in [4.69, 9.17) is 4.74 Å². The van der Waals surface area contributed by atoms with Crippen molar-refractivity contribution in [1.82, 2.24) is 10.6 Å². The lowest BCUT2D eigenvalue weighted by atomic mass is 10.1. The third-order valence-electron chi connectivity index (χ3n) is 5.83. The van der Waals surface area contributed by atoms with Crippen molar-refractivity contribution in [3.8, 4) is 0 Å². The fraction of sp³-hybridized carbons (Fsp3) is 0.417. The van der Waals surface area contributed by atoms with Gasteiger partial charge in [-0.1, -0.05) is 18.2 Å². The van der Waals surface area contributed by atoms with Crippen LogP contribution in [0.1, 0.15) is 24.0 Å². The number of nitrogens with one attached hydrogen (secondary N) is 2. The maximum atomic E-state index is 14.6. The molecular weight excluding hydrogens is 409 g/mol. The van der Waals surface area contributed by atoms with Gasteiger partial charge in [0.2, 0.25) is 5.91 Å². The summed E-state index contributed by atoms with van der Waals surface area (Å²) in [5.41, 5.74) is 3.51. The Balaban J connectivity index is 1.27. The van der Waals surface area contributed by atoms with Gasteiger partial charge in [-0.3, -0.25) is 9.79 Å². The normalized spacial score (nSPS) is 17.1. The summed E-state index contributed by atoms with van der Waals surface area (Å²) >= 11 is 0. The van der Waals surface area contributed by atoms with Gasteiger partial charge < -0.3 is 25.2 Å². The van der Waals surface area contributed by atoms with Crippen LogP contribution in [0.5, 0.6) is 0 Å². The molecule has 2 aliphatic rings. The molecule has 170 valence electrons. The number of ether oxygens (including phenoxy) is 1.